The van der Waals surface area contributed by atoms with Crippen molar-refractivity contribution in [3.05, 3.63) is 47.8 Å². The molecule has 0 unspecified atom stereocenters. The van der Waals surface area contributed by atoms with Crippen molar-refractivity contribution in [1.82, 2.24) is 4.40 Å². The molecule has 0 radical (unpaired) electrons. The van der Waals surface area contributed by atoms with Crippen molar-refractivity contribution in [3.63, 3.8) is 0 Å². The van der Waals surface area contributed by atoms with Crippen molar-refractivity contribution in [1.29, 1.82) is 0 Å². The second-order valence-electron chi connectivity index (χ2n) is 4.02. The molecule has 0 N–H and O–H groups in total. The van der Waals surface area contributed by atoms with Gasteiger partial charge in [-0.2, -0.15) is 0 Å². The van der Waals surface area contributed by atoms with Crippen LogP contribution in [0.1, 0.15) is 23.0 Å². The lowest BCUT2D eigenvalue weighted by Crippen LogP contribution is -1.99. The molecule has 20 heavy (non-hydrogen) atoms. The highest BCUT2D eigenvalue weighted by Crippen LogP contribution is 2.19. The summed E-state index contributed by atoms with van der Waals surface area (Å²) >= 11 is 0. The number of rotatable bonds is 4. The minimum Gasteiger partial charge on any atom is -0.465 e. The van der Waals surface area contributed by atoms with E-state index in [1.54, 1.807) is 19.1 Å². The van der Waals surface area contributed by atoms with E-state index in [9.17, 15) is 9.59 Å². The van der Waals surface area contributed by atoms with Gasteiger partial charge in [-0.1, -0.05) is 6.07 Å². The normalized spacial score (nSPS) is 10.9. The molecule has 0 bridgehead atoms. The van der Waals surface area contributed by atoms with Crippen molar-refractivity contribution >= 4 is 23.5 Å². The Morgan fingerprint density at radius 2 is 2.15 bits per heavy atom. The lowest BCUT2D eigenvalue weighted by Gasteiger charge is -1.98. The van der Waals surface area contributed by atoms with Gasteiger partial charge in [0.25, 0.3) is 0 Å². The average Bonchev–Trinajstić information content (AvgIpc) is 2.84. The first kappa shape index (κ1) is 13.9. The number of fused-ring (bicyclic) bond motifs is 1. The highest BCUT2D eigenvalue weighted by Gasteiger charge is 2.14. The SMILES string of the molecule is CCOC(=O)/C=C/c1cc(C(=O)OC)c2ccccn12. The van der Waals surface area contributed by atoms with Crippen LogP contribution < -0.4 is 0 Å². The first-order valence-corrected chi connectivity index (χ1v) is 6.20. The highest BCUT2D eigenvalue weighted by atomic mass is 16.5. The van der Waals surface area contributed by atoms with Crippen molar-refractivity contribution in [2.45, 2.75) is 6.92 Å². The van der Waals surface area contributed by atoms with E-state index in [2.05, 4.69) is 0 Å². The molecule has 0 aromatic carbocycles. The van der Waals surface area contributed by atoms with E-state index in [0.29, 0.717) is 17.9 Å². The molecule has 0 fully saturated rings. The van der Waals surface area contributed by atoms with Crippen molar-refractivity contribution < 1.29 is 19.1 Å². The summed E-state index contributed by atoms with van der Waals surface area (Å²) in [6, 6.07) is 7.17. The van der Waals surface area contributed by atoms with E-state index < -0.39 is 11.9 Å². The third kappa shape index (κ3) is 2.71. The third-order valence-corrected chi connectivity index (χ3v) is 2.79. The largest absolute Gasteiger partial charge is 0.465 e. The first-order chi connectivity index (χ1) is 9.67. The zero-order chi connectivity index (χ0) is 14.5. The molecule has 2 aromatic heterocycles. The van der Waals surface area contributed by atoms with E-state index >= 15 is 0 Å². The molecule has 0 atom stereocenters. The molecule has 5 heteroatoms. The maximum absolute atomic E-state index is 11.7. The van der Waals surface area contributed by atoms with Crippen LogP contribution in [0.5, 0.6) is 0 Å². The van der Waals surface area contributed by atoms with Gasteiger partial charge in [0, 0.05) is 18.0 Å². The maximum Gasteiger partial charge on any atom is 0.340 e. The van der Waals surface area contributed by atoms with Crippen LogP contribution in [0.4, 0.5) is 0 Å². The number of hydrogen-bond acceptors (Lipinski definition) is 4. The van der Waals surface area contributed by atoms with E-state index in [-0.39, 0.29) is 0 Å². The van der Waals surface area contributed by atoms with Gasteiger partial charge in [0.05, 0.1) is 24.8 Å². The number of ether oxygens (including phenoxy) is 2. The monoisotopic (exact) mass is 273 g/mol. The molecule has 0 saturated heterocycles. The highest BCUT2D eigenvalue weighted by molar-refractivity contribution is 5.98. The number of hydrogen-bond donors (Lipinski definition) is 0. The van der Waals surface area contributed by atoms with Crippen LogP contribution >= 0.6 is 0 Å². The van der Waals surface area contributed by atoms with E-state index in [1.165, 1.54) is 13.2 Å². The smallest absolute Gasteiger partial charge is 0.340 e. The number of methoxy groups -OCH3 is 1. The zero-order valence-corrected chi connectivity index (χ0v) is 11.3. The molecule has 2 aromatic rings. The number of esters is 2. The molecule has 2 rings (SSSR count). The molecule has 0 amide bonds. The summed E-state index contributed by atoms with van der Waals surface area (Å²) in [5.74, 6) is -0.831. The summed E-state index contributed by atoms with van der Waals surface area (Å²) in [7, 11) is 1.34. The Kier molecular flexibility index (Phi) is 4.20. The van der Waals surface area contributed by atoms with Crippen LogP contribution in [-0.2, 0) is 14.3 Å². The summed E-state index contributed by atoms with van der Waals surface area (Å²) in [5.41, 5.74) is 1.88. The molecule has 0 saturated carbocycles. The molecule has 0 aliphatic carbocycles. The van der Waals surface area contributed by atoms with Gasteiger partial charge >= 0.3 is 11.9 Å². The average molecular weight is 273 g/mol. The fourth-order valence-corrected chi connectivity index (χ4v) is 1.92. The van der Waals surface area contributed by atoms with Crippen LogP contribution in [0, 0.1) is 0 Å². The Morgan fingerprint density at radius 3 is 2.85 bits per heavy atom. The van der Waals surface area contributed by atoms with E-state index in [0.717, 1.165) is 5.52 Å². The molecule has 0 aliphatic heterocycles. The molecule has 5 nitrogen and oxygen atoms in total. The first-order valence-electron chi connectivity index (χ1n) is 6.20. The lowest BCUT2D eigenvalue weighted by molar-refractivity contribution is -0.137. The summed E-state index contributed by atoms with van der Waals surface area (Å²) < 4.78 is 11.4. The molecule has 104 valence electrons. The molecule has 0 aliphatic rings. The number of carbonyl (C=O) groups excluding carboxylic acids is 2. The number of carbonyl (C=O) groups is 2. The fourth-order valence-electron chi connectivity index (χ4n) is 1.92. The number of pyridine rings is 1. The number of aromatic nitrogens is 1. The van der Waals surface area contributed by atoms with Gasteiger partial charge in [-0.3, -0.25) is 0 Å². The minimum absolute atomic E-state index is 0.325. The maximum atomic E-state index is 11.7. The molecule has 0 spiro atoms. The van der Waals surface area contributed by atoms with Crippen LogP contribution in [-0.4, -0.2) is 30.1 Å². The Balaban J connectivity index is 2.44. The predicted molar refractivity (Wildman–Crippen MR) is 74.4 cm³/mol. The van der Waals surface area contributed by atoms with Gasteiger partial charge in [0.15, 0.2) is 0 Å². The number of nitrogens with zero attached hydrogens (tertiary/aromatic N) is 1. The van der Waals surface area contributed by atoms with Crippen molar-refractivity contribution in [2.24, 2.45) is 0 Å². The quantitative estimate of drug-likeness (QED) is 0.633. The molecular formula is C15H15NO4. The standard InChI is InChI=1S/C15H15NO4/c1-3-20-14(17)8-7-11-10-12(15(18)19-2)13-6-4-5-9-16(11)13/h4-10H,3H2,1-2H3/b8-7+. The topological polar surface area (TPSA) is 57.0 Å². The van der Waals surface area contributed by atoms with Gasteiger partial charge in [-0.25, -0.2) is 9.59 Å². The van der Waals surface area contributed by atoms with Crippen LogP contribution in [0.15, 0.2) is 36.5 Å². The van der Waals surface area contributed by atoms with Crippen LogP contribution in [0.2, 0.25) is 0 Å². The summed E-state index contributed by atoms with van der Waals surface area (Å²) in [5, 5.41) is 0. The van der Waals surface area contributed by atoms with Gasteiger partial charge in [-0.15, -0.1) is 0 Å². The van der Waals surface area contributed by atoms with E-state index in [4.69, 9.17) is 9.47 Å². The van der Waals surface area contributed by atoms with Crippen LogP contribution in [0.3, 0.4) is 0 Å². The fraction of sp³-hybridized carbons (Fsp3) is 0.200. The lowest BCUT2D eigenvalue weighted by atomic mass is 10.2. The van der Waals surface area contributed by atoms with E-state index in [1.807, 2.05) is 28.8 Å². The predicted octanol–water partition coefficient (Wildman–Crippen LogP) is 2.30. The second kappa shape index (κ2) is 6.06. The third-order valence-electron chi connectivity index (χ3n) is 2.79. The van der Waals surface area contributed by atoms with Gasteiger partial charge in [0.1, 0.15) is 0 Å². The second-order valence-corrected chi connectivity index (χ2v) is 4.02. The van der Waals surface area contributed by atoms with Gasteiger partial charge < -0.3 is 13.9 Å². The van der Waals surface area contributed by atoms with Crippen LogP contribution in [0.25, 0.3) is 11.6 Å². The van der Waals surface area contributed by atoms with Crippen molar-refractivity contribution in [2.75, 3.05) is 13.7 Å². The Labute approximate surface area is 116 Å². The molecule has 2 heterocycles. The van der Waals surface area contributed by atoms with Crippen molar-refractivity contribution in [3.8, 4) is 0 Å². The minimum atomic E-state index is -0.419. The summed E-state index contributed by atoms with van der Waals surface area (Å²) in [6.45, 7) is 2.07. The zero-order valence-electron chi connectivity index (χ0n) is 11.3. The molecular weight excluding hydrogens is 258 g/mol. The summed E-state index contributed by atoms with van der Waals surface area (Å²) in [4.78, 5) is 23.1. The summed E-state index contributed by atoms with van der Waals surface area (Å²) in [6.07, 6.45) is 4.75. The van der Waals surface area contributed by atoms with Gasteiger partial charge in [-0.05, 0) is 31.2 Å². The Bertz CT molecular complexity index is 670. The Hall–Kier alpha value is -2.56. The Morgan fingerprint density at radius 1 is 1.35 bits per heavy atom. The van der Waals surface area contributed by atoms with Gasteiger partial charge in [0.2, 0.25) is 0 Å².